The summed E-state index contributed by atoms with van der Waals surface area (Å²) in [6.07, 6.45) is 1.38. The Balaban J connectivity index is 1.35. The van der Waals surface area contributed by atoms with Crippen molar-refractivity contribution in [3.63, 3.8) is 0 Å². The zero-order valence-corrected chi connectivity index (χ0v) is 21.3. The fraction of sp³-hybridized carbons (Fsp3) is 0.194. The molecule has 1 aliphatic heterocycles. The van der Waals surface area contributed by atoms with Gasteiger partial charge in [0.25, 0.3) is 5.91 Å². The van der Waals surface area contributed by atoms with Crippen LogP contribution in [-0.4, -0.2) is 29.5 Å². The second-order valence-corrected chi connectivity index (χ2v) is 10.3. The molecule has 0 N–H and O–H groups in total. The van der Waals surface area contributed by atoms with Crippen molar-refractivity contribution in [3.8, 4) is 10.6 Å². The molecule has 0 aliphatic carbocycles. The quantitative estimate of drug-likeness (QED) is 0.240. The summed E-state index contributed by atoms with van der Waals surface area (Å²) < 4.78 is 7.02. The monoisotopic (exact) mass is 506 g/mol. The zero-order valence-electron chi connectivity index (χ0n) is 20.5. The summed E-state index contributed by atoms with van der Waals surface area (Å²) in [6, 6.07) is 27.5. The van der Waals surface area contributed by atoms with Gasteiger partial charge in [0.2, 0.25) is 0 Å². The predicted octanol–water partition coefficient (Wildman–Crippen LogP) is 7.03. The van der Waals surface area contributed by atoms with E-state index >= 15 is 0 Å². The van der Waals surface area contributed by atoms with Gasteiger partial charge in [-0.3, -0.25) is 4.79 Å². The molecule has 0 radical (unpaired) electrons. The first kappa shape index (κ1) is 23.4. The Bertz CT molecular complexity index is 1600. The van der Waals surface area contributed by atoms with Crippen LogP contribution in [0.25, 0.3) is 31.6 Å². The molecule has 1 amide bonds. The van der Waals surface area contributed by atoms with E-state index in [1.807, 2.05) is 79.7 Å². The maximum absolute atomic E-state index is 13.6. The number of amides is 1. The minimum Gasteiger partial charge on any atom is -0.449 e. The molecule has 0 saturated heterocycles. The number of thiazole rings is 1. The molecular formula is C31H26N2O3S. The molecule has 4 aromatic carbocycles. The number of anilines is 1. The second kappa shape index (κ2) is 9.79. The zero-order chi connectivity index (χ0) is 25.4. The number of para-hydroxylation sites is 2. The number of fused-ring (bicyclic) bond motifs is 3. The first-order valence-electron chi connectivity index (χ1n) is 12.6. The molecule has 5 aromatic rings. The van der Waals surface area contributed by atoms with Crippen LogP contribution < -0.4 is 4.90 Å². The van der Waals surface area contributed by atoms with Crippen molar-refractivity contribution in [1.82, 2.24) is 4.98 Å². The van der Waals surface area contributed by atoms with E-state index < -0.39 is 12.1 Å². The third-order valence-corrected chi connectivity index (χ3v) is 7.99. The summed E-state index contributed by atoms with van der Waals surface area (Å²) in [4.78, 5) is 33.8. The lowest BCUT2D eigenvalue weighted by Crippen LogP contribution is -2.43. The van der Waals surface area contributed by atoms with Crippen LogP contribution in [-0.2, 0) is 16.0 Å². The van der Waals surface area contributed by atoms with Gasteiger partial charge in [-0.1, -0.05) is 67.6 Å². The highest BCUT2D eigenvalue weighted by molar-refractivity contribution is 7.21. The number of aryl methyl sites for hydroxylation is 1. The van der Waals surface area contributed by atoms with Gasteiger partial charge < -0.3 is 9.64 Å². The van der Waals surface area contributed by atoms with E-state index in [1.165, 1.54) is 0 Å². The Kier molecular flexibility index (Phi) is 6.18. The van der Waals surface area contributed by atoms with Gasteiger partial charge in [0, 0.05) is 23.2 Å². The van der Waals surface area contributed by atoms with Crippen molar-refractivity contribution in [2.45, 2.75) is 32.3 Å². The number of hydrogen-bond acceptors (Lipinski definition) is 5. The lowest BCUT2D eigenvalue weighted by molar-refractivity contribution is -0.127. The molecular weight excluding hydrogens is 480 g/mol. The first-order chi connectivity index (χ1) is 18.1. The first-order valence-corrected chi connectivity index (χ1v) is 13.4. The van der Waals surface area contributed by atoms with Gasteiger partial charge in [-0.05, 0) is 54.5 Å². The van der Waals surface area contributed by atoms with E-state index in [0.29, 0.717) is 18.5 Å². The minimum atomic E-state index is -0.858. The third-order valence-electron chi connectivity index (χ3n) is 6.92. The van der Waals surface area contributed by atoms with Crippen LogP contribution in [0.1, 0.15) is 35.7 Å². The number of rotatable bonds is 5. The Morgan fingerprint density at radius 3 is 2.59 bits per heavy atom. The Labute approximate surface area is 219 Å². The molecule has 37 heavy (non-hydrogen) atoms. The summed E-state index contributed by atoms with van der Waals surface area (Å²) in [7, 11) is 0. The van der Waals surface area contributed by atoms with Crippen LogP contribution in [0.15, 0.2) is 84.9 Å². The van der Waals surface area contributed by atoms with Crippen LogP contribution in [0.3, 0.4) is 0 Å². The smallest absolute Gasteiger partial charge is 0.339 e. The van der Waals surface area contributed by atoms with E-state index in [2.05, 4.69) is 6.07 Å². The van der Waals surface area contributed by atoms with Crippen molar-refractivity contribution >= 4 is 49.9 Å². The molecule has 6 rings (SSSR count). The number of hydrogen-bond donors (Lipinski definition) is 0. The number of benzene rings is 4. The second-order valence-electron chi connectivity index (χ2n) is 9.22. The molecule has 0 fully saturated rings. The molecule has 1 atom stereocenters. The van der Waals surface area contributed by atoms with E-state index in [4.69, 9.17) is 9.72 Å². The van der Waals surface area contributed by atoms with Crippen molar-refractivity contribution in [2.24, 2.45) is 0 Å². The highest BCUT2D eigenvalue weighted by Crippen LogP contribution is 2.36. The normalized spacial score (nSPS) is 13.9. The summed E-state index contributed by atoms with van der Waals surface area (Å²) in [6.45, 7) is 2.50. The molecule has 1 unspecified atom stereocenters. The molecule has 0 bridgehead atoms. The summed E-state index contributed by atoms with van der Waals surface area (Å²) in [5, 5.41) is 2.57. The third kappa shape index (κ3) is 4.27. The van der Waals surface area contributed by atoms with Crippen LogP contribution in [0.5, 0.6) is 0 Å². The maximum atomic E-state index is 13.6. The van der Waals surface area contributed by atoms with Gasteiger partial charge in [0.1, 0.15) is 5.01 Å². The minimum absolute atomic E-state index is 0.172. The number of aromatic nitrogens is 1. The van der Waals surface area contributed by atoms with Gasteiger partial charge in [-0.15, -0.1) is 11.3 Å². The molecule has 0 saturated carbocycles. The van der Waals surface area contributed by atoms with Gasteiger partial charge in [-0.25, -0.2) is 9.78 Å². The number of carbonyl (C=O) groups excluding carboxylic acids is 2. The van der Waals surface area contributed by atoms with E-state index in [0.717, 1.165) is 55.7 Å². The van der Waals surface area contributed by atoms with Crippen LogP contribution in [0, 0.1) is 0 Å². The fourth-order valence-corrected chi connectivity index (χ4v) is 6.11. The van der Waals surface area contributed by atoms with Gasteiger partial charge >= 0.3 is 5.97 Å². The number of esters is 1. The van der Waals surface area contributed by atoms with Gasteiger partial charge in [0.05, 0.1) is 15.8 Å². The number of nitrogens with zero attached hydrogens (tertiary/aromatic N) is 2. The average Bonchev–Trinajstić information content (AvgIpc) is 3.38. The van der Waals surface area contributed by atoms with E-state index in [9.17, 15) is 9.59 Å². The maximum Gasteiger partial charge on any atom is 0.339 e. The summed E-state index contributed by atoms with van der Waals surface area (Å²) >= 11 is 1.60. The van der Waals surface area contributed by atoms with E-state index in [-0.39, 0.29) is 5.91 Å². The SMILES string of the molecule is CCC(OC(=O)c1cccc2cccc(-c3nc4ccccc4s3)c12)C(=O)N1CCCc2ccccc21. The number of carbonyl (C=O) groups is 2. The van der Waals surface area contributed by atoms with Crippen LogP contribution in [0.4, 0.5) is 5.69 Å². The molecule has 2 heterocycles. The van der Waals surface area contributed by atoms with Gasteiger partial charge in [0.15, 0.2) is 6.10 Å². The molecule has 0 spiro atoms. The molecule has 184 valence electrons. The molecule has 1 aromatic heterocycles. The Hall–Kier alpha value is -4.03. The van der Waals surface area contributed by atoms with Crippen LogP contribution >= 0.6 is 11.3 Å². The molecule has 6 heteroatoms. The van der Waals surface area contributed by atoms with Crippen molar-refractivity contribution in [2.75, 3.05) is 11.4 Å². The van der Waals surface area contributed by atoms with Crippen molar-refractivity contribution in [3.05, 3.63) is 96.1 Å². The molecule has 5 nitrogen and oxygen atoms in total. The number of ether oxygens (including phenoxy) is 1. The van der Waals surface area contributed by atoms with Crippen LogP contribution in [0.2, 0.25) is 0 Å². The standard InChI is InChI=1S/C31H26N2O3S/c1-2-26(30(34)33-19-9-13-20-10-3-5-17-25(20)33)36-31(35)23-15-8-12-21-11-7-14-22(28(21)23)29-32-24-16-4-6-18-27(24)37-29/h3-8,10-12,14-18,26H,2,9,13,19H2,1H3. The highest BCUT2D eigenvalue weighted by atomic mass is 32.1. The van der Waals surface area contributed by atoms with Crippen molar-refractivity contribution < 1.29 is 14.3 Å². The topological polar surface area (TPSA) is 59.5 Å². The van der Waals surface area contributed by atoms with Crippen molar-refractivity contribution in [1.29, 1.82) is 0 Å². The lowest BCUT2D eigenvalue weighted by Gasteiger charge is -2.32. The summed E-state index contributed by atoms with van der Waals surface area (Å²) in [5.41, 5.74) is 4.32. The van der Waals surface area contributed by atoms with E-state index in [1.54, 1.807) is 22.3 Å². The largest absolute Gasteiger partial charge is 0.449 e. The fourth-order valence-electron chi connectivity index (χ4n) is 5.11. The average molecular weight is 507 g/mol. The molecule has 1 aliphatic rings. The Morgan fingerprint density at radius 1 is 0.973 bits per heavy atom. The lowest BCUT2D eigenvalue weighted by atomic mass is 9.99. The Morgan fingerprint density at radius 2 is 1.76 bits per heavy atom. The summed E-state index contributed by atoms with van der Waals surface area (Å²) in [5.74, 6) is -0.667. The van der Waals surface area contributed by atoms with Gasteiger partial charge in [-0.2, -0.15) is 0 Å². The highest BCUT2D eigenvalue weighted by Gasteiger charge is 2.31. The predicted molar refractivity (Wildman–Crippen MR) is 149 cm³/mol.